The van der Waals surface area contributed by atoms with Crippen LogP contribution in [0, 0.1) is 11.8 Å². The van der Waals surface area contributed by atoms with E-state index in [1.807, 2.05) is 13.0 Å². The van der Waals surface area contributed by atoms with Crippen molar-refractivity contribution in [2.24, 2.45) is 11.8 Å². The Labute approximate surface area is 112 Å². The molecule has 5 heteroatoms. The quantitative estimate of drug-likeness (QED) is 0.436. The van der Waals surface area contributed by atoms with Crippen LogP contribution in [0.15, 0.2) is 12.2 Å². The van der Waals surface area contributed by atoms with Crippen LogP contribution in [0.4, 0.5) is 0 Å². The first kappa shape index (κ1) is 12.4. The predicted octanol–water partition coefficient (Wildman–Crippen LogP) is 0.241. The number of carbonyl (C=O) groups is 2. The molecular formula is C13H17NO3Se. The minimum absolute atomic E-state index is 0.0345. The Balaban J connectivity index is 1.89. The van der Waals surface area contributed by atoms with Crippen molar-refractivity contribution in [1.29, 1.82) is 0 Å². The molecule has 1 aliphatic carbocycles. The molecule has 98 valence electrons. The van der Waals surface area contributed by atoms with Crippen LogP contribution in [0.1, 0.15) is 26.2 Å². The molecule has 2 heterocycles. The van der Waals surface area contributed by atoms with Crippen molar-refractivity contribution in [3.8, 4) is 0 Å². The van der Waals surface area contributed by atoms with Crippen molar-refractivity contribution >= 4 is 25.5 Å². The normalized spacial score (nSPS) is 44.2. The van der Waals surface area contributed by atoms with Crippen molar-refractivity contribution in [1.82, 2.24) is 5.32 Å². The zero-order chi connectivity index (χ0) is 12.9. The summed E-state index contributed by atoms with van der Waals surface area (Å²) in [7, 11) is 0. The Morgan fingerprint density at radius 3 is 2.89 bits per heavy atom. The van der Waals surface area contributed by atoms with Gasteiger partial charge in [-0.3, -0.25) is 0 Å². The molecule has 1 unspecified atom stereocenters. The fourth-order valence-electron chi connectivity index (χ4n) is 3.22. The summed E-state index contributed by atoms with van der Waals surface area (Å²) in [6.45, 7) is 1.86. The summed E-state index contributed by atoms with van der Waals surface area (Å²) >= 11 is -0.426. The minimum atomic E-state index is -0.782. The number of allylic oxidation sites excluding steroid dienone is 1. The first-order valence-corrected chi connectivity index (χ1v) is 8.17. The molecule has 2 saturated heterocycles. The zero-order valence-electron chi connectivity index (χ0n) is 10.3. The Kier molecular flexibility index (Phi) is 2.88. The molecule has 0 aromatic carbocycles. The summed E-state index contributed by atoms with van der Waals surface area (Å²) in [5.41, 5.74) is 0. The van der Waals surface area contributed by atoms with Crippen LogP contribution in [-0.4, -0.2) is 42.8 Å². The summed E-state index contributed by atoms with van der Waals surface area (Å²) < 4.78 is -0.625. The van der Waals surface area contributed by atoms with E-state index in [9.17, 15) is 14.7 Å². The van der Waals surface area contributed by atoms with Crippen LogP contribution in [-0.2, 0) is 9.59 Å². The van der Waals surface area contributed by atoms with E-state index in [4.69, 9.17) is 0 Å². The van der Waals surface area contributed by atoms with E-state index in [1.165, 1.54) is 0 Å². The molecule has 4 nitrogen and oxygen atoms in total. The number of aliphatic hydroxyl groups excluding tert-OH is 1. The van der Waals surface area contributed by atoms with Gasteiger partial charge in [-0.05, 0) is 0 Å². The SMILES string of the molecule is CC1C(=O)[Se][C@@]2([C@@H](O)[C@H]3C=CCCC3)C(=O)N[C@@H]12. The van der Waals surface area contributed by atoms with E-state index in [2.05, 4.69) is 11.4 Å². The molecule has 0 spiro atoms. The van der Waals surface area contributed by atoms with Crippen molar-refractivity contribution in [2.75, 3.05) is 0 Å². The number of carbonyl (C=O) groups excluding carboxylic acids is 2. The van der Waals surface area contributed by atoms with Crippen molar-refractivity contribution in [3.05, 3.63) is 12.2 Å². The van der Waals surface area contributed by atoms with E-state index in [0.717, 1.165) is 19.3 Å². The topological polar surface area (TPSA) is 66.4 Å². The molecule has 18 heavy (non-hydrogen) atoms. The van der Waals surface area contributed by atoms with Gasteiger partial charge in [0.1, 0.15) is 0 Å². The van der Waals surface area contributed by atoms with E-state index < -0.39 is 25.4 Å². The monoisotopic (exact) mass is 315 g/mol. The van der Waals surface area contributed by atoms with Gasteiger partial charge >= 0.3 is 112 Å². The fraction of sp³-hybridized carbons (Fsp3) is 0.692. The molecule has 2 aliphatic heterocycles. The summed E-state index contributed by atoms with van der Waals surface area (Å²) in [6.07, 6.45) is 6.42. The number of aliphatic hydroxyl groups is 1. The first-order valence-electron chi connectivity index (χ1n) is 6.46. The zero-order valence-corrected chi connectivity index (χ0v) is 12.0. The second kappa shape index (κ2) is 4.19. The van der Waals surface area contributed by atoms with Crippen LogP contribution in [0.2, 0.25) is 4.31 Å². The second-order valence-corrected chi connectivity index (χ2v) is 8.11. The molecule has 0 bridgehead atoms. The van der Waals surface area contributed by atoms with Crippen LogP contribution >= 0.6 is 0 Å². The Hall–Kier alpha value is -0.641. The number of amides is 1. The average Bonchev–Trinajstić information content (AvgIpc) is 2.60. The molecule has 3 rings (SSSR count). The third-order valence-electron chi connectivity index (χ3n) is 4.38. The summed E-state index contributed by atoms with van der Waals surface area (Å²) in [5.74, 6) is -0.214. The molecule has 5 atom stereocenters. The van der Waals surface area contributed by atoms with Gasteiger partial charge in [-0.15, -0.1) is 0 Å². The third kappa shape index (κ3) is 1.47. The molecule has 0 saturated carbocycles. The number of hydrogen-bond acceptors (Lipinski definition) is 3. The number of fused-ring (bicyclic) bond motifs is 1. The molecule has 0 radical (unpaired) electrons. The molecule has 1 amide bonds. The first-order chi connectivity index (χ1) is 8.57. The average molecular weight is 314 g/mol. The molecular weight excluding hydrogens is 297 g/mol. The number of rotatable bonds is 2. The number of β-lactam (4-membered cyclic amide) rings is 1. The fourth-order valence-corrected chi connectivity index (χ4v) is 6.36. The summed E-state index contributed by atoms with van der Waals surface area (Å²) in [6, 6.07) is -0.136. The number of hydrogen-bond donors (Lipinski definition) is 2. The Morgan fingerprint density at radius 2 is 2.33 bits per heavy atom. The van der Waals surface area contributed by atoms with Gasteiger partial charge in [0.15, 0.2) is 0 Å². The maximum atomic E-state index is 12.0. The third-order valence-corrected chi connectivity index (χ3v) is 7.72. The van der Waals surface area contributed by atoms with Crippen LogP contribution < -0.4 is 5.32 Å². The Bertz CT molecular complexity index is 436. The molecule has 0 aromatic rings. The summed E-state index contributed by atoms with van der Waals surface area (Å²) in [5, 5.41) is 13.4. The van der Waals surface area contributed by atoms with Gasteiger partial charge in [-0.2, -0.15) is 0 Å². The standard InChI is InChI=1S/C13H17NO3Se/c1-7-9-13(12(17)14-9,18-11(7)16)10(15)8-5-3-2-4-6-8/h3,5,7-10,15H,2,4,6H2,1H3,(H,14,17)/t7?,8-,9-,10-,13-/m0/s1. The predicted molar refractivity (Wildman–Crippen MR) is 67.0 cm³/mol. The van der Waals surface area contributed by atoms with Gasteiger partial charge in [0.25, 0.3) is 0 Å². The molecule has 3 aliphatic rings. The van der Waals surface area contributed by atoms with E-state index in [-0.39, 0.29) is 28.5 Å². The van der Waals surface area contributed by atoms with E-state index in [1.54, 1.807) is 0 Å². The molecule has 2 N–H and O–H groups in total. The van der Waals surface area contributed by atoms with Crippen molar-refractivity contribution < 1.29 is 14.7 Å². The van der Waals surface area contributed by atoms with Gasteiger partial charge in [0, 0.05) is 0 Å². The van der Waals surface area contributed by atoms with Gasteiger partial charge in [-0.25, -0.2) is 0 Å². The van der Waals surface area contributed by atoms with Gasteiger partial charge in [0.2, 0.25) is 0 Å². The van der Waals surface area contributed by atoms with Crippen molar-refractivity contribution in [3.63, 3.8) is 0 Å². The van der Waals surface area contributed by atoms with E-state index in [0.29, 0.717) is 0 Å². The number of nitrogens with one attached hydrogen (secondary N) is 1. The van der Waals surface area contributed by atoms with Crippen LogP contribution in [0.3, 0.4) is 0 Å². The second-order valence-electron chi connectivity index (χ2n) is 5.42. The molecule has 0 aromatic heterocycles. The van der Waals surface area contributed by atoms with Gasteiger partial charge < -0.3 is 0 Å². The summed E-state index contributed by atoms with van der Waals surface area (Å²) in [4.78, 5) is 23.9. The van der Waals surface area contributed by atoms with Gasteiger partial charge in [-0.1, -0.05) is 0 Å². The van der Waals surface area contributed by atoms with Crippen LogP contribution in [0.5, 0.6) is 0 Å². The Morgan fingerprint density at radius 1 is 1.56 bits per heavy atom. The maximum absolute atomic E-state index is 12.0. The molecule has 2 fully saturated rings. The van der Waals surface area contributed by atoms with Gasteiger partial charge in [0.05, 0.1) is 0 Å². The van der Waals surface area contributed by atoms with Crippen LogP contribution in [0.25, 0.3) is 0 Å². The van der Waals surface area contributed by atoms with E-state index >= 15 is 0 Å². The van der Waals surface area contributed by atoms with Crippen molar-refractivity contribution in [2.45, 2.75) is 42.6 Å².